The van der Waals surface area contributed by atoms with E-state index in [0.717, 1.165) is 18.4 Å². The molecule has 0 spiro atoms. The Bertz CT molecular complexity index is 712. The van der Waals surface area contributed by atoms with E-state index in [1.807, 2.05) is 30.3 Å². The maximum Gasteiger partial charge on any atom is 0.273 e. The molecule has 2 aromatic rings. The first-order valence-electron chi connectivity index (χ1n) is 7.92. The highest BCUT2D eigenvalue weighted by molar-refractivity contribution is 6.30. The van der Waals surface area contributed by atoms with Gasteiger partial charge in [0.2, 0.25) is 0 Å². The lowest BCUT2D eigenvalue weighted by Gasteiger charge is -2.39. The summed E-state index contributed by atoms with van der Waals surface area (Å²) in [6.45, 7) is 1.75. The van der Waals surface area contributed by atoms with Crippen molar-refractivity contribution in [2.45, 2.75) is 24.9 Å². The van der Waals surface area contributed by atoms with Gasteiger partial charge in [0.05, 0.1) is 4.92 Å². The van der Waals surface area contributed by atoms with Gasteiger partial charge in [-0.1, -0.05) is 41.9 Å². The quantitative estimate of drug-likeness (QED) is 0.655. The molecular formula is C18H19ClN2O3. The van der Waals surface area contributed by atoms with Crippen LogP contribution >= 0.6 is 11.6 Å². The summed E-state index contributed by atoms with van der Waals surface area (Å²) in [4.78, 5) is 10.9. The first kappa shape index (κ1) is 16.9. The molecule has 1 heterocycles. The van der Waals surface area contributed by atoms with Crippen molar-refractivity contribution < 1.29 is 9.66 Å². The summed E-state index contributed by atoms with van der Waals surface area (Å²) in [5.74, 6) is 0. The average Bonchev–Trinajstić information content (AvgIpc) is 2.61. The summed E-state index contributed by atoms with van der Waals surface area (Å²) >= 11 is 6.00. The standard InChI is InChI=1S/C18H19ClN2O3/c19-16-7-5-15(6-8-16)18(9-11-24-12-10-18)20-13-14-3-1-2-4-17(14)21(22)23/h1-8,20H,9-13H2. The number of hydrogen-bond acceptors (Lipinski definition) is 4. The Morgan fingerprint density at radius 1 is 1.12 bits per heavy atom. The Balaban J connectivity index is 1.86. The molecule has 2 aromatic carbocycles. The molecule has 126 valence electrons. The van der Waals surface area contributed by atoms with Crippen molar-refractivity contribution >= 4 is 17.3 Å². The molecule has 24 heavy (non-hydrogen) atoms. The van der Waals surface area contributed by atoms with Crippen LogP contribution in [0.15, 0.2) is 48.5 Å². The van der Waals surface area contributed by atoms with Gasteiger partial charge in [-0.05, 0) is 30.5 Å². The van der Waals surface area contributed by atoms with Gasteiger partial charge in [0.25, 0.3) is 5.69 Å². The molecule has 6 heteroatoms. The second-order valence-electron chi connectivity index (χ2n) is 5.94. The highest BCUT2D eigenvalue weighted by Crippen LogP contribution is 2.33. The molecule has 0 atom stereocenters. The van der Waals surface area contributed by atoms with Gasteiger partial charge in [0, 0.05) is 41.9 Å². The third-order valence-electron chi connectivity index (χ3n) is 4.55. The molecular weight excluding hydrogens is 328 g/mol. The predicted octanol–water partition coefficient (Wildman–Crippen LogP) is 4.04. The van der Waals surface area contributed by atoms with Crippen LogP contribution in [-0.2, 0) is 16.8 Å². The molecule has 1 fully saturated rings. The lowest BCUT2D eigenvalue weighted by atomic mass is 9.82. The van der Waals surface area contributed by atoms with Crippen molar-refractivity contribution in [1.82, 2.24) is 5.32 Å². The molecule has 0 saturated carbocycles. The smallest absolute Gasteiger partial charge is 0.273 e. The normalized spacial score (nSPS) is 16.7. The molecule has 1 saturated heterocycles. The number of hydrogen-bond donors (Lipinski definition) is 1. The van der Waals surface area contributed by atoms with Crippen LogP contribution in [0.5, 0.6) is 0 Å². The van der Waals surface area contributed by atoms with E-state index in [4.69, 9.17) is 16.3 Å². The molecule has 0 radical (unpaired) electrons. The van der Waals surface area contributed by atoms with Crippen molar-refractivity contribution in [3.05, 3.63) is 74.8 Å². The van der Waals surface area contributed by atoms with Crippen LogP contribution in [0.2, 0.25) is 5.02 Å². The third kappa shape index (κ3) is 3.59. The number of para-hydroxylation sites is 1. The summed E-state index contributed by atoms with van der Waals surface area (Å²) in [5, 5.41) is 15.5. The maximum atomic E-state index is 11.2. The summed E-state index contributed by atoms with van der Waals surface area (Å²) in [7, 11) is 0. The fraction of sp³-hybridized carbons (Fsp3) is 0.333. The second kappa shape index (κ2) is 7.30. The number of nitro benzene ring substituents is 1. The van der Waals surface area contributed by atoms with Gasteiger partial charge < -0.3 is 10.1 Å². The van der Waals surface area contributed by atoms with Crippen LogP contribution in [-0.4, -0.2) is 18.1 Å². The minimum Gasteiger partial charge on any atom is -0.381 e. The Morgan fingerprint density at radius 3 is 2.46 bits per heavy atom. The van der Waals surface area contributed by atoms with Gasteiger partial charge in [-0.15, -0.1) is 0 Å². The summed E-state index contributed by atoms with van der Waals surface area (Å²) in [6.07, 6.45) is 1.63. The molecule has 0 aliphatic carbocycles. The van der Waals surface area contributed by atoms with Gasteiger partial charge in [-0.2, -0.15) is 0 Å². The van der Waals surface area contributed by atoms with E-state index < -0.39 is 0 Å². The second-order valence-corrected chi connectivity index (χ2v) is 6.38. The van der Waals surface area contributed by atoms with E-state index in [2.05, 4.69) is 5.32 Å². The van der Waals surface area contributed by atoms with Gasteiger partial charge in [0.1, 0.15) is 0 Å². The first-order chi connectivity index (χ1) is 11.6. The summed E-state index contributed by atoms with van der Waals surface area (Å²) in [6, 6.07) is 14.6. The molecule has 5 nitrogen and oxygen atoms in total. The topological polar surface area (TPSA) is 64.4 Å². The van der Waals surface area contributed by atoms with Gasteiger partial charge in [0.15, 0.2) is 0 Å². The van der Waals surface area contributed by atoms with Crippen molar-refractivity contribution in [3.8, 4) is 0 Å². The van der Waals surface area contributed by atoms with E-state index in [1.165, 1.54) is 6.07 Å². The summed E-state index contributed by atoms with van der Waals surface area (Å²) < 4.78 is 5.51. The van der Waals surface area contributed by atoms with Crippen LogP contribution < -0.4 is 5.32 Å². The zero-order valence-corrected chi connectivity index (χ0v) is 14.0. The third-order valence-corrected chi connectivity index (χ3v) is 4.80. The molecule has 0 bridgehead atoms. The largest absolute Gasteiger partial charge is 0.381 e. The van der Waals surface area contributed by atoms with Gasteiger partial charge >= 0.3 is 0 Å². The van der Waals surface area contributed by atoms with Gasteiger partial charge in [-0.3, -0.25) is 10.1 Å². The lowest BCUT2D eigenvalue weighted by Crippen LogP contribution is -2.46. The van der Waals surface area contributed by atoms with Crippen molar-refractivity contribution in [3.63, 3.8) is 0 Å². The van der Waals surface area contributed by atoms with E-state index in [1.54, 1.807) is 12.1 Å². The Kier molecular flexibility index (Phi) is 5.14. The number of ether oxygens (including phenoxy) is 1. The zero-order chi connectivity index (χ0) is 17.0. The Labute approximate surface area is 145 Å². The Hall–Kier alpha value is -1.95. The summed E-state index contributed by atoms with van der Waals surface area (Å²) in [5.41, 5.74) is 1.70. The van der Waals surface area contributed by atoms with E-state index in [-0.39, 0.29) is 16.1 Å². The average molecular weight is 347 g/mol. The van der Waals surface area contributed by atoms with Crippen LogP contribution in [0.4, 0.5) is 5.69 Å². The van der Waals surface area contributed by atoms with Crippen LogP contribution in [0.25, 0.3) is 0 Å². The van der Waals surface area contributed by atoms with E-state index in [9.17, 15) is 10.1 Å². The lowest BCUT2D eigenvalue weighted by molar-refractivity contribution is -0.385. The highest BCUT2D eigenvalue weighted by Gasteiger charge is 2.34. The molecule has 1 aliphatic rings. The number of nitrogens with zero attached hydrogens (tertiary/aromatic N) is 1. The molecule has 1 N–H and O–H groups in total. The molecule has 0 unspecified atom stereocenters. The van der Waals surface area contributed by atoms with Crippen LogP contribution in [0.1, 0.15) is 24.0 Å². The highest BCUT2D eigenvalue weighted by atomic mass is 35.5. The zero-order valence-electron chi connectivity index (χ0n) is 13.2. The van der Waals surface area contributed by atoms with E-state index >= 15 is 0 Å². The Morgan fingerprint density at radius 2 is 1.79 bits per heavy atom. The van der Waals surface area contributed by atoms with E-state index in [0.29, 0.717) is 30.3 Å². The molecule has 1 aliphatic heterocycles. The fourth-order valence-corrected chi connectivity index (χ4v) is 3.29. The van der Waals surface area contributed by atoms with Crippen LogP contribution in [0, 0.1) is 10.1 Å². The minimum atomic E-state index is -0.337. The number of nitro groups is 1. The maximum absolute atomic E-state index is 11.2. The first-order valence-corrected chi connectivity index (χ1v) is 8.30. The molecule has 3 rings (SSSR count). The number of nitrogens with one attached hydrogen (secondary N) is 1. The minimum absolute atomic E-state index is 0.142. The number of rotatable bonds is 5. The SMILES string of the molecule is O=[N+]([O-])c1ccccc1CNC1(c2ccc(Cl)cc2)CCOCC1. The van der Waals surface area contributed by atoms with Crippen molar-refractivity contribution in [1.29, 1.82) is 0 Å². The monoisotopic (exact) mass is 346 g/mol. The van der Waals surface area contributed by atoms with Crippen LogP contribution in [0.3, 0.4) is 0 Å². The van der Waals surface area contributed by atoms with Gasteiger partial charge in [-0.25, -0.2) is 0 Å². The number of benzene rings is 2. The fourth-order valence-electron chi connectivity index (χ4n) is 3.16. The number of halogens is 1. The molecule has 0 amide bonds. The van der Waals surface area contributed by atoms with Crippen molar-refractivity contribution in [2.75, 3.05) is 13.2 Å². The van der Waals surface area contributed by atoms with Crippen molar-refractivity contribution in [2.24, 2.45) is 0 Å². The predicted molar refractivity (Wildman–Crippen MR) is 93.1 cm³/mol. The molecule has 0 aromatic heterocycles.